The summed E-state index contributed by atoms with van der Waals surface area (Å²) in [6, 6.07) is 4.89. The zero-order valence-corrected chi connectivity index (χ0v) is 11.6. The van der Waals surface area contributed by atoms with E-state index >= 15 is 0 Å². The van der Waals surface area contributed by atoms with Gasteiger partial charge in [0, 0.05) is 18.4 Å². The van der Waals surface area contributed by atoms with E-state index in [0.29, 0.717) is 16.8 Å². The molecule has 1 atom stereocenters. The summed E-state index contributed by atoms with van der Waals surface area (Å²) in [6.07, 6.45) is 2.88. The van der Waals surface area contributed by atoms with E-state index in [4.69, 9.17) is 0 Å². The summed E-state index contributed by atoms with van der Waals surface area (Å²) in [5, 5.41) is 10.8. The van der Waals surface area contributed by atoms with Gasteiger partial charge in [0.15, 0.2) is 0 Å². The Balaban J connectivity index is 2.18. The molecule has 0 amide bonds. The Bertz CT molecular complexity index is 497. The Morgan fingerprint density at radius 2 is 2.22 bits per heavy atom. The first kappa shape index (κ1) is 13.2. The van der Waals surface area contributed by atoms with Crippen molar-refractivity contribution < 1.29 is 9.72 Å². The van der Waals surface area contributed by atoms with Crippen molar-refractivity contribution in [1.29, 1.82) is 0 Å². The Hall–Kier alpha value is -1.23. The second kappa shape index (κ2) is 5.18. The normalized spacial score (nSPS) is 16.3. The predicted octanol–water partition coefficient (Wildman–Crippen LogP) is 3.83. The minimum atomic E-state index is -0.439. The van der Waals surface area contributed by atoms with Crippen LogP contribution in [0.4, 0.5) is 5.69 Å². The van der Waals surface area contributed by atoms with Gasteiger partial charge in [0.25, 0.3) is 5.69 Å². The van der Waals surface area contributed by atoms with Crippen molar-refractivity contribution in [3.8, 4) is 0 Å². The van der Waals surface area contributed by atoms with E-state index < -0.39 is 4.92 Å². The average Bonchev–Trinajstić information content (AvgIpc) is 3.12. The molecular formula is C13H14BrNO3. The standard InChI is InChI=1S/C13H14BrNO3/c1-8(13(16)6-9-2-3-9)10-4-5-11(14)12(7-10)15(17)18/h4-5,7-9H,2-3,6H2,1H3. The molecule has 18 heavy (non-hydrogen) atoms. The Labute approximate surface area is 114 Å². The molecule has 1 unspecified atom stereocenters. The van der Waals surface area contributed by atoms with Gasteiger partial charge >= 0.3 is 0 Å². The van der Waals surface area contributed by atoms with E-state index in [0.717, 1.165) is 18.4 Å². The number of ketones is 1. The number of halogens is 1. The summed E-state index contributed by atoms with van der Waals surface area (Å²) in [4.78, 5) is 22.4. The largest absolute Gasteiger partial charge is 0.299 e. The fourth-order valence-electron chi connectivity index (χ4n) is 1.91. The number of carbonyl (C=O) groups is 1. The first-order valence-corrected chi connectivity index (χ1v) is 6.75. The molecule has 0 radical (unpaired) electrons. The van der Waals surface area contributed by atoms with Crippen molar-refractivity contribution in [2.24, 2.45) is 5.92 Å². The average molecular weight is 312 g/mol. The highest BCUT2D eigenvalue weighted by atomic mass is 79.9. The van der Waals surface area contributed by atoms with Crippen LogP contribution >= 0.6 is 15.9 Å². The van der Waals surface area contributed by atoms with Gasteiger partial charge in [0.2, 0.25) is 0 Å². The van der Waals surface area contributed by atoms with Crippen LogP contribution in [0.25, 0.3) is 0 Å². The minimum Gasteiger partial charge on any atom is -0.299 e. The third-order valence-corrected chi connectivity index (χ3v) is 4.01. The second-order valence-electron chi connectivity index (χ2n) is 4.80. The molecule has 0 spiro atoms. The number of Topliss-reactive ketones (excluding diaryl/α,β-unsaturated/α-hetero) is 1. The highest BCUT2D eigenvalue weighted by Crippen LogP contribution is 2.35. The molecule has 0 saturated heterocycles. The topological polar surface area (TPSA) is 60.2 Å². The first-order valence-electron chi connectivity index (χ1n) is 5.95. The zero-order valence-electron chi connectivity index (χ0n) is 10.1. The van der Waals surface area contributed by atoms with Crippen LogP contribution in [0.2, 0.25) is 0 Å². The van der Waals surface area contributed by atoms with Gasteiger partial charge in [-0.3, -0.25) is 14.9 Å². The van der Waals surface area contributed by atoms with Crippen LogP contribution < -0.4 is 0 Å². The third-order valence-electron chi connectivity index (χ3n) is 3.34. The van der Waals surface area contributed by atoms with Crippen LogP contribution in [0.3, 0.4) is 0 Å². The van der Waals surface area contributed by atoms with Gasteiger partial charge in [-0.1, -0.05) is 13.0 Å². The Morgan fingerprint density at radius 3 is 2.78 bits per heavy atom. The summed E-state index contributed by atoms with van der Waals surface area (Å²) in [5.74, 6) is 0.455. The Kier molecular flexibility index (Phi) is 3.80. The van der Waals surface area contributed by atoms with Crippen LogP contribution in [0, 0.1) is 16.0 Å². The van der Waals surface area contributed by atoms with Crippen molar-refractivity contribution in [3.05, 3.63) is 38.3 Å². The minimum absolute atomic E-state index is 0.0126. The van der Waals surface area contributed by atoms with Crippen LogP contribution in [-0.4, -0.2) is 10.7 Å². The van der Waals surface area contributed by atoms with Crippen molar-refractivity contribution in [2.45, 2.75) is 32.1 Å². The molecule has 2 rings (SSSR count). The molecule has 1 aliphatic carbocycles. The summed E-state index contributed by atoms with van der Waals surface area (Å²) in [7, 11) is 0. The second-order valence-corrected chi connectivity index (χ2v) is 5.66. The van der Waals surface area contributed by atoms with E-state index in [1.54, 1.807) is 12.1 Å². The van der Waals surface area contributed by atoms with Crippen molar-refractivity contribution in [1.82, 2.24) is 0 Å². The maximum atomic E-state index is 12.0. The Morgan fingerprint density at radius 1 is 1.56 bits per heavy atom. The maximum absolute atomic E-state index is 12.0. The number of hydrogen-bond acceptors (Lipinski definition) is 3. The number of nitro benzene ring substituents is 1. The molecule has 1 aromatic carbocycles. The van der Waals surface area contributed by atoms with E-state index in [9.17, 15) is 14.9 Å². The molecule has 4 nitrogen and oxygen atoms in total. The number of rotatable bonds is 5. The monoisotopic (exact) mass is 311 g/mol. The molecule has 0 N–H and O–H groups in total. The van der Waals surface area contributed by atoms with E-state index in [-0.39, 0.29) is 17.4 Å². The molecule has 0 aromatic heterocycles. The molecule has 1 aromatic rings. The molecule has 1 saturated carbocycles. The number of carbonyl (C=O) groups excluding carboxylic acids is 1. The maximum Gasteiger partial charge on any atom is 0.283 e. The van der Waals surface area contributed by atoms with E-state index in [1.165, 1.54) is 6.07 Å². The highest BCUT2D eigenvalue weighted by Gasteiger charge is 2.28. The number of hydrogen-bond donors (Lipinski definition) is 0. The summed E-state index contributed by atoms with van der Waals surface area (Å²) < 4.78 is 0.443. The lowest BCUT2D eigenvalue weighted by molar-refractivity contribution is -0.385. The molecule has 1 fully saturated rings. The summed E-state index contributed by atoms with van der Waals surface area (Å²) in [5.41, 5.74) is 0.731. The van der Waals surface area contributed by atoms with Crippen molar-refractivity contribution in [3.63, 3.8) is 0 Å². The molecule has 0 bridgehead atoms. The smallest absolute Gasteiger partial charge is 0.283 e. The fourth-order valence-corrected chi connectivity index (χ4v) is 2.30. The lowest BCUT2D eigenvalue weighted by Gasteiger charge is -2.10. The predicted molar refractivity (Wildman–Crippen MR) is 71.6 cm³/mol. The molecule has 0 aliphatic heterocycles. The van der Waals surface area contributed by atoms with Gasteiger partial charge < -0.3 is 0 Å². The number of benzene rings is 1. The van der Waals surface area contributed by atoms with Crippen molar-refractivity contribution in [2.75, 3.05) is 0 Å². The van der Waals surface area contributed by atoms with Crippen LogP contribution in [0.1, 0.15) is 37.7 Å². The van der Waals surface area contributed by atoms with Crippen LogP contribution in [-0.2, 0) is 4.79 Å². The third kappa shape index (κ3) is 2.96. The summed E-state index contributed by atoms with van der Waals surface area (Å²) >= 11 is 3.14. The SMILES string of the molecule is CC(C(=O)CC1CC1)c1ccc(Br)c([N+](=O)[O-])c1. The van der Waals surface area contributed by atoms with Crippen LogP contribution in [0.5, 0.6) is 0 Å². The molecule has 5 heteroatoms. The van der Waals surface area contributed by atoms with Gasteiger partial charge in [0.1, 0.15) is 5.78 Å². The molecule has 0 heterocycles. The van der Waals surface area contributed by atoms with E-state index in [2.05, 4.69) is 15.9 Å². The number of nitrogens with zero attached hydrogens (tertiary/aromatic N) is 1. The number of nitro groups is 1. The quantitative estimate of drug-likeness (QED) is 0.613. The van der Waals surface area contributed by atoms with Crippen molar-refractivity contribution >= 4 is 27.4 Å². The van der Waals surface area contributed by atoms with E-state index in [1.807, 2.05) is 6.92 Å². The highest BCUT2D eigenvalue weighted by molar-refractivity contribution is 9.10. The van der Waals surface area contributed by atoms with Crippen LogP contribution in [0.15, 0.2) is 22.7 Å². The molecular weight excluding hydrogens is 298 g/mol. The lowest BCUT2D eigenvalue weighted by Crippen LogP contribution is -2.10. The molecule has 1 aliphatic rings. The fraction of sp³-hybridized carbons (Fsp3) is 0.462. The van der Waals surface area contributed by atoms with Gasteiger partial charge in [-0.25, -0.2) is 0 Å². The van der Waals surface area contributed by atoms with Gasteiger partial charge in [-0.2, -0.15) is 0 Å². The van der Waals surface area contributed by atoms with Gasteiger partial charge in [-0.05, 0) is 46.3 Å². The first-order chi connectivity index (χ1) is 8.49. The van der Waals surface area contributed by atoms with Gasteiger partial charge in [0.05, 0.1) is 9.40 Å². The van der Waals surface area contributed by atoms with Gasteiger partial charge in [-0.15, -0.1) is 0 Å². The summed E-state index contributed by atoms with van der Waals surface area (Å²) in [6.45, 7) is 1.82. The molecule has 96 valence electrons. The zero-order chi connectivity index (χ0) is 13.3. The lowest BCUT2D eigenvalue weighted by atomic mass is 9.93.